The number of thioether (sulfide) groups is 1. The highest BCUT2D eigenvalue weighted by atomic mass is 32.2. The van der Waals surface area contributed by atoms with Gasteiger partial charge in [0.05, 0.1) is 30.9 Å². The maximum atomic E-state index is 13.3. The lowest BCUT2D eigenvalue weighted by Gasteiger charge is -2.13. The van der Waals surface area contributed by atoms with Crippen molar-refractivity contribution in [2.24, 2.45) is 0 Å². The second-order valence-corrected chi connectivity index (χ2v) is 10.6. The van der Waals surface area contributed by atoms with Crippen LogP contribution in [0.15, 0.2) is 82.7 Å². The summed E-state index contributed by atoms with van der Waals surface area (Å²) in [6.45, 7) is 1.33. The molecule has 0 atom stereocenters. The van der Waals surface area contributed by atoms with Gasteiger partial charge in [-0.3, -0.25) is 19.0 Å². The molecule has 4 aromatic rings. The highest BCUT2D eigenvalue weighted by Crippen LogP contribution is 2.27. The SMILES string of the molecule is COc1ccc(CCNC(=O)CSc2nc3ccccc3c(=O)n2CCCC(=O)NCCc2ccccc2)cc1OC. The van der Waals surface area contributed by atoms with Crippen LogP contribution < -0.4 is 25.7 Å². The number of aromatic nitrogens is 2. The third-order valence-electron chi connectivity index (χ3n) is 6.71. The molecule has 3 aromatic carbocycles. The average Bonchev–Trinajstić information content (AvgIpc) is 3.01. The van der Waals surface area contributed by atoms with Gasteiger partial charge < -0.3 is 20.1 Å². The van der Waals surface area contributed by atoms with E-state index in [0.717, 1.165) is 12.0 Å². The second kappa shape index (κ2) is 15.6. The first-order chi connectivity index (χ1) is 20.5. The fourth-order valence-electron chi connectivity index (χ4n) is 4.50. The van der Waals surface area contributed by atoms with Gasteiger partial charge in [-0.1, -0.05) is 60.3 Å². The maximum absolute atomic E-state index is 13.3. The third kappa shape index (κ3) is 8.59. The predicted octanol–water partition coefficient (Wildman–Crippen LogP) is 4.00. The molecule has 1 heterocycles. The van der Waals surface area contributed by atoms with Gasteiger partial charge in [-0.15, -0.1) is 0 Å². The van der Waals surface area contributed by atoms with Crippen molar-refractivity contribution < 1.29 is 19.1 Å². The first-order valence-corrected chi connectivity index (χ1v) is 14.9. The number of nitrogens with zero attached hydrogens (tertiary/aromatic N) is 2. The molecule has 42 heavy (non-hydrogen) atoms. The Kier molecular flexibility index (Phi) is 11.4. The molecule has 220 valence electrons. The molecule has 4 rings (SSSR count). The number of carbonyl (C=O) groups is 2. The Balaban J connectivity index is 1.31. The Bertz CT molecular complexity index is 1560. The molecular weight excluding hydrogens is 552 g/mol. The van der Waals surface area contributed by atoms with Crippen LogP contribution in [0, 0.1) is 0 Å². The van der Waals surface area contributed by atoms with Gasteiger partial charge in [0.1, 0.15) is 0 Å². The fourth-order valence-corrected chi connectivity index (χ4v) is 5.35. The summed E-state index contributed by atoms with van der Waals surface area (Å²) in [5.74, 6) is 1.18. The number of hydrogen-bond acceptors (Lipinski definition) is 7. The number of methoxy groups -OCH3 is 2. The first-order valence-electron chi connectivity index (χ1n) is 13.9. The van der Waals surface area contributed by atoms with Gasteiger partial charge in [-0.25, -0.2) is 4.98 Å². The highest BCUT2D eigenvalue weighted by Gasteiger charge is 2.14. The van der Waals surface area contributed by atoms with Crippen molar-refractivity contribution in [3.05, 3.63) is 94.3 Å². The van der Waals surface area contributed by atoms with E-state index in [1.54, 1.807) is 37.0 Å². The zero-order valence-electron chi connectivity index (χ0n) is 23.9. The number of nitrogens with one attached hydrogen (secondary N) is 2. The molecule has 0 saturated carbocycles. The van der Waals surface area contributed by atoms with Gasteiger partial charge in [0.2, 0.25) is 11.8 Å². The van der Waals surface area contributed by atoms with Gasteiger partial charge in [-0.2, -0.15) is 0 Å². The lowest BCUT2D eigenvalue weighted by Crippen LogP contribution is -2.29. The fraction of sp³-hybridized carbons (Fsp3) is 0.312. The van der Waals surface area contributed by atoms with Crippen LogP contribution in [0.1, 0.15) is 24.0 Å². The molecule has 0 saturated heterocycles. The molecule has 0 fully saturated rings. The van der Waals surface area contributed by atoms with Gasteiger partial charge in [-0.05, 0) is 54.7 Å². The van der Waals surface area contributed by atoms with Crippen LogP contribution in [-0.4, -0.2) is 54.4 Å². The molecule has 9 nitrogen and oxygen atoms in total. The van der Waals surface area contributed by atoms with E-state index in [2.05, 4.69) is 15.6 Å². The minimum Gasteiger partial charge on any atom is -0.493 e. The van der Waals surface area contributed by atoms with Gasteiger partial charge in [0.25, 0.3) is 5.56 Å². The van der Waals surface area contributed by atoms with Crippen LogP contribution in [0.4, 0.5) is 0 Å². The Labute approximate surface area is 249 Å². The van der Waals surface area contributed by atoms with Gasteiger partial charge in [0, 0.05) is 26.1 Å². The summed E-state index contributed by atoms with van der Waals surface area (Å²) >= 11 is 1.21. The molecule has 0 aliphatic carbocycles. The van der Waals surface area contributed by atoms with Crippen LogP contribution in [0.25, 0.3) is 10.9 Å². The normalized spacial score (nSPS) is 10.8. The molecule has 0 aliphatic heterocycles. The third-order valence-corrected chi connectivity index (χ3v) is 7.68. The van der Waals surface area contributed by atoms with Crippen LogP contribution in [0.5, 0.6) is 11.5 Å². The Morgan fingerprint density at radius 3 is 2.29 bits per heavy atom. The monoisotopic (exact) mass is 588 g/mol. The van der Waals surface area contributed by atoms with E-state index < -0.39 is 0 Å². The number of ether oxygens (including phenoxy) is 2. The van der Waals surface area contributed by atoms with Crippen LogP contribution in [-0.2, 0) is 29.0 Å². The zero-order valence-corrected chi connectivity index (χ0v) is 24.7. The van der Waals surface area contributed by atoms with Crippen molar-refractivity contribution in [2.45, 2.75) is 37.4 Å². The van der Waals surface area contributed by atoms with E-state index in [0.29, 0.717) is 60.0 Å². The average molecular weight is 589 g/mol. The molecule has 0 unspecified atom stereocenters. The summed E-state index contributed by atoms with van der Waals surface area (Å²) in [5, 5.41) is 6.84. The van der Waals surface area contributed by atoms with Gasteiger partial charge >= 0.3 is 0 Å². The Morgan fingerprint density at radius 1 is 0.833 bits per heavy atom. The summed E-state index contributed by atoms with van der Waals surface area (Å²) in [7, 11) is 3.17. The smallest absolute Gasteiger partial charge is 0.262 e. The van der Waals surface area contributed by atoms with Gasteiger partial charge in [0.15, 0.2) is 16.7 Å². The molecular formula is C32H36N4O5S. The number of hydrogen-bond donors (Lipinski definition) is 2. The number of amides is 2. The van der Waals surface area contributed by atoms with Crippen molar-refractivity contribution in [1.29, 1.82) is 0 Å². The highest BCUT2D eigenvalue weighted by molar-refractivity contribution is 7.99. The molecule has 1 aromatic heterocycles. The molecule has 0 bridgehead atoms. The quantitative estimate of drug-likeness (QED) is 0.160. The minimum absolute atomic E-state index is 0.0595. The number of fused-ring (bicyclic) bond motifs is 1. The van der Waals surface area contributed by atoms with Crippen LogP contribution in [0.2, 0.25) is 0 Å². The Hall–Kier alpha value is -4.31. The van der Waals surface area contributed by atoms with Crippen LogP contribution >= 0.6 is 11.8 Å². The topological polar surface area (TPSA) is 112 Å². The largest absolute Gasteiger partial charge is 0.493 e. The summed E-state index contributed by atoms with van der Waals surface area (Å²) < 4.78 is 12.2. The number of carbonyl (C=O) groups excluding carboxylic acids is 2. The first kappa shape index (κ1) is 30.6. The van der Waals surface area contributed by atoms with Crippen molar-refractivity contribution >= 4 is 34.5 Å². The zero-order chi connectivity index (χ0) is 29.7. The van der Waals surface area contributed by atoms with E-state index in [4.69, 9.17) is 9.47 Å². The summed E-state index contributed by atoms with van der Waals surface area (Å²) in [6.07, 6.45) is 2.15. The van der Waals surface area contributed by atoms with E-state index in [9.17, 15) is 14.4 Å². The molecule has 0 spiro atoms. The standard InChI is InChI=1S/C32H36N4O5S/c1-40-27-15-14-24(21-28(27)41-2)17-19-34-30(38)22-42-32-35-26-12-7-6-11-25(26)31(39)36(32)20-8-13-29(37)33-18-16-23-9-4-3-5-10-23/h3-7,9-12,14-15,21H,8,13,16-20,22H2,1-2H3,(H,33,37)(H,34,38). The summed E-state index contributed by atoms with van der Waals surface area (Å²) in [4.78, 5) is 43.0. The molecule has 2 amide bonds. The van der Waals surface area contributed by atoms with E-state index >= 15 is 0 Å². The van der Waals surface area contributed by atoms with Crippen LogP contribution in [0.3, 0.4) is 0 Å². The lowest BCUT2D eigenvalue weighted by molar-refractivity contribution is -0.121. The van der Waals surface area contributed by atoms with Crippen molar-refractivity contribution in [1.82, 2.24) is 20.2 Å². The minimum atomic E-state index is -0.179. The number of rotatable bonds is 15. The van der Waals surface area contributed by atoms with Crippen molar-refractivity contribution in [3.63, 3.8) is 0 Å². The Morgan fingerprint density at radius 2 is 1.52 bits per heavy atom. The predicted molar refractivity (Wildman–Crippen MR) is 165 cm³/mol. The lowest BCUT2D eigenvalue weighted by atomic mass is 10.1. The van der Waals surface area contributed by atoms with Crippen molar-refractivity contribution in [3.8, 4) is 11.5 Å². The number of para-hydroxylation sites is 1. The number of benzene rings is 3. The molecule has 2 N–H and O–H groups in total. The van der Waals surface area contributed by atoms with Crippen molar-refractivity contribution in [2.75, 3.05) is 33.1 Å². The maximum Gasteiger partial charge on any atom is 0.262 e. The van der Waals surface area contributed by atoms with E-state index in [-0.39, 0.29) is 29.5 Å². The molecule has 0 aliphatic rings. The molecule has 10 heteroatoms. The van der Waals surface area contributed by atoms with E-state index in [1.807, 2.05) is 54.6 Å². The summed E-state index contributed by atoms with van der Waals surface area (Å²) in [6, 6.07) is 22.8. The molecule has 0 radical (unpaired) electrons. The summed E-state index contributed by atoms with van der Waals surface area (Å²) in [5.41, 5.74) is 2.57. The second-order valence-electron chi connectivity index (χ2n) is 9.64. The van der Waals surface area contributed by atoms with E-state index in [1.165, 1.54) is 17.3 Å².